The van der Waals surface area contributed by atoms with Gasteiger partial charge in [-0.2, -0.15) is 0 Å². The van der Waals surface area contributed by atoms with Crippen molar-refractivity contribution < 1.29 is 9.47 Å². The molecule has 3 nitrogen and oxygen atoms in total. The molecule has 0 aromatic heterocycles. The number of benzene rings is 1. The zero-order valence-electron chi connectivity index (χ0n) is 14.8. The average Bonchev–Trinajstić information content (AvgIpc) is 2.35. The molecule has 120 valence electrons. The predicted molar refractivity (Wildman–Crippen MR) is 89.5 cm³/mol. The minimum absolute atomic E-state index is 0.0149. The number of hydrogen-bond donors (Lipinski definition) is 1. The van der Waals surface area contributed by atoms with E-state index < -0.39 is 0 Å². The van der Waals surface area contributed by atoms with E-state index in [0.29, 0.717) is 0 Å². The molecule has 3 heteroatoms. The smallest absolute Gasteiger partial charge is 0.123 e. The molecule has 0 radical (unpaired) electrons. The van der Waals surface area contributed by atoms with Crippen LogP contribution in [0.4, 0.5) is 0 Å². The van der Waals surface area contributed by atoms with Crippen molar-refractivity contribution in [1.29, 1.82) is 0 Å². The standard InChI is InChI=1S/C18H31NO2/c1-13(12-19-18(5,6)7)21-16-10-9-14(20-8)11-15(16)17(2,3)4/h9-11,13,19H,12H2,1-8H3. The zero-order chi connectivity index (χ0) is 16.3. The fraction of sp³-hybridized carbons (Fsp3) is 0.667. The third kappa shape index (κ3) is 5.96. The summed E-state index contributed by atoms with van der Waals surface area (Å²) in [6.07, 6.45) is 0.110. The first-order chi connectivity index (χ1) is 9.53. The molecular formula is C18H31NO2. The molecular weight excluding hydrogens is 262 g/mol. The lowest BCUT2D eigenvalue weighted by Gasteiger charge is -2.27. The van der Waals surface area contributed by atoms with Crippen LogP contribution < -0.4 is 14.8 Å². The summed E-state index contributed by atoms with van der Waals surface area (Å²) in [6, 6.07) is 6.03. The van der Waals surface area contributed by atoms with Crippen molar-refractivity contribution in [3.05, 3.63) is 23.8 Å². The van der Waals surface area contributed by atoms with E-state index >= 15 is 0 Å². The molecule has 0 aliphatic heterocycles. The minimum Gasteiger partial charge on any atom is -0.497 e. The molecule has 1 aromatic carbocycles. The van der Waals surface area contributed by atoms with E-state index in [0.717, 1.165) is 18.0 Å². The van der Waals surface area contributed by atoms with Crippen molar-refractivity contribution in [3.63, 3.8) is 0 Å². The van der Waals surface area contributed by atoms with Gasteiger partial charge < -0.3 is 14.8 Å². The maximum atomic E-state index is 6.15. The van der Waals surface area contributed by atoms with Crippen molar-refractivity contribution in [1.82, 2.24) is 5.32 Å². The van der Waals surface area contributed by atoms with Gasteiger partial charge in [0.2, 0.25) is 0 Å². The van der Waals surface area contributed by atoms with Gasteiger partial charge in [0, 0.05) is 17.6 Å². The molecule has 0 aliphatic carbocycles. The van der Waals surface area contributed by atoms with Gasteiger partial charge in [-0.3, -0.25) is 0 Å². The van der Waals surface area contributed by atoms with Crippen LogP contribution in [0.2, 0.25) is 0 Å². The van der Waals surface area contributed by atoms with Gasteiger partial charge in [-0.05, 0) is 51.3 Å². The molecule has 0 bridgehead atoms. The number of ether oxygens (including phenoxy) is 2. The van der Waals surface area contributed by atoms with E-state index in [2.05, 4.69) is 59.8 Å². The third-order valence-electron chi connectivity index (χ3n) is 3.24. The van der Waals surface area contributed by atoms with Gasteiger partial charge in [-0.25, -0.2) is 0 Å². The van der Waals surface area contributed by atoms with Crippen molar-refractivity contribution >= 4 is 0 Å². The van der Waals surface area contributed by atoms with E-state index in [1.165, 1.54) is 5.56 Å². The second-order valence-electron chi connectivity index (χ2n) is 7.67. The first kappa shape index (κ1) is 17.8. The average molecular weight is 293 g/mol. The van der Waals surface area contributed by atoms with Crippen LogP contribution in [-0.4, -0.2) is 25.3 Å². The summed E-state index contributed by atoms with van der Waals surface area (Å²) in [6.45, 7) is 16.0. The van der Waals surface area contributed by atoms with Crippen molar-refractivity contribution in [3.8, 4) is 11.5 Å². The van der Waals surface area contributed by atoms with Gasteiger partial charge in [-0.1, -0.05) is 20.8 Å². The molecule has 1 rings (SSSR count). The second kappa shape index (κ2) is 6.69. The molecule has 0 fully saturated rings. The van der Waals surface area contributed by atoms with Crippen LogP contribution in [0, 0.1) is 0 Å². The maximum Gasteiger partial charge on any atom is 0.123 e. The fourth-order valence-electron chi connectivity index (χ4n) is 2.03. The van der Waals surface area contributed by atoms with Crippen LogP contribution >= 0.6 is 0 Å². The first-order valence-corrected chi connectivity index (χ1v) is 7.63. The normalized spacial score (nSPS) is 13.9. The Balaban J connectivity index is 2.87. The number of nitrogens with one attached hydrogen (secondary N) is 1. The highest BCUT2D eigenvalue weighted by Crippen LogP contribution is 2.34. The molecule has 0 spiro atoms. The summed E-state index contributed by atoms with van der Waals surface area (Å²) in [5, 5.41) is 3.47. The Labute approximate surface area is 130 Å². The second-order valence-corrected chi connectivity index (χ2v) is 7.67. The maximum absolute atomic E-state index is 6.15. The predicted octanol–water partition coefficient (Wildman–Crippen LogP) is 4.15. The molecule has 1 aromatic rings. The molecule has 0 saturated heterocycles. The van der Waals surface area contributed by atoms with Crippen LogP contribution in [0.25, 0.3) is 0 Å². The number of rotatable bonds is 5. The highest BCUT2D eigenvalue weighted by molar-refractivity contribution is 5.44. The lowest BCUT2D eigenvalue weighted by molar-refractivity contribution is 0.199. The summed E-state index contributed by atoms with van der Waals surface area (Å²) in [5.74, 6) is 1.80. The van der Waals surface area contributed by atoms with Gasteiger partial charge in [0.05, 0.1) is 7.11 Å². The number of methoxy groups -OCH3 is 1. The fourth-order valence-corrected chi connectivity index (χ4v) is 2.03. The van der Waals surface area contributed by atoms with E-state index in [1.807, 2.05) is 12.1 Å². The van der Waals surface area contributed by atoms with Crippen molar-refractivity contribution in [2.75, 3.05) is 13.7 Å². The monoisotopic (exact) mass is 293 g/mol. The SMILES string of the molecule is COc1ccc(OC(C)CNC(C)(C)C)c(C(C)(C)C)c1. The molecule has 0 amide bonds. The van der Waals surface area contributed by atoms with Crippen LogP contribution in [-0.2, 0) is 5.41 Å². The van der Waals surface area contributed by atoms with Gasteiger partial charge in [-0.15, -0.1) is 0 Å². The van der Waals surface area contributed by atoms with Crippen molar-refractivity contribution in [2.24, 2.45) is 0 Å². The van der Waals surface area contributed by atoms with Gasteiger partial charge in [0.1, 0.15) is 17.6 Å². The highest BCUT2D eigenvalue weighted by atomic mass is 16.5. The van der Waals surface area contributed by atoms with Crippen molar-refractivity contribution in [2.45, 2.75) is 65.5 Å². The lowest BCUT2D eigenvalue weighted by atomic mass is 9.86. The van der Waals surface area contributed by atoms with E-state index in [-0.39, 0.29) is 17.1 Å². The summed E-state index contributed by atoms with van der Waals surface area (Å²) in [4.78, 5) is 0. The Morgan fingerprint density at radius 3 is 2.19 bits per heavy atom. The lowest BCUT2D eigenvalue weighted by Crippen LogP contribution is -2.41. The molecule has 1 unspecified atom stereocenters. The van der Waals surface area contributed by atoms with E-state index in [1.54, 1.807) is 7.11 Å². The third-order valence-corrected chi connectivity index (χ3v) is 3.24. The number of hydrogen-bond acceptors (Lipinski definition) is 3. The molecule has 0 saturated carbocycles. The Morgan fingerprint density at radius 2 is 1.71 bits per heavy atom. The summed E-state index contributed by atoms with van der Waals surface area (Å²) < 4.78 is 11.5. The van der Waals surface area contributed by atoms with Crippen LogP contribution in [0.15, 0.2) is 18.2 Å². The van der Waals surface area contributed by atoms with Gasteiger partial charge >= 0.3 is 0 Å². The Bertz CT molecular complexity index is 455. The molecule has 21 heavy (non-hydrogen) atoms. The van der Waals surface area contributed by atoms with E-state index in [4.69, 9.17) is 9.47 Å². The first-order valence-electron chi connectivity index (χ1n) is 7.63. The highest BCUT2D eigenvalue weighted by Gasteiger charge is 2.21. The van der Waals surface area contributed by atoms with Crippen LogP contribution in [0.3, 0.4) is 0 Å². The molecule has 0 aliphatic rings. The Kier molecular flexibility index (Phi) is 5.68. The molecule has 1 N–H and O–H groups in total. The van der Waals surface area contributed by atoms with E-state index in [9.17, 15) is 0 Å². The van der Waals surface area contributed by atoms with Gasteiger partial charge in [0.15, 0.2) is 0 Å². The van der Waals surface area contributed by atoms with Crippen LogP contribution in [0.1, 0.15) is 54.0 Å². The minimum atomic E-state index is 0.0149. The quantitative estimate of drug-likeness (QED) is 0.884. The summed E-state index contributed by atoms with van der Waals surface area (Å²) >= 11 is 0. The Hall–Kier alpha value is -1.22. The Morgan fingerprint density at radius 1 is 1.10 bits per heavy atom. The summed E-state index contributed by atoms with van der Waals surface area (Å²) in [5.41, 5.74) is 1.29. The topological polar surface area (TPSA) is 30.5 Å². The van der Waals surface area contributed by atoms with Crippen LogP contribution in [0.5, 0.6) is 11.5 Å². The largest absolute Gasteiger partial charge is 0.497 e. The van der Waals surface area contributed by atoms with Gasteiger partial charge in [0.25, 0.3) is 0 Å². The summed E-state index contributed by atoms with van der Waals surface area (Å²) in [7, 11) is 1.69. The zero-order valence-corrected chi connectivity index (χ0v) is 14.8. The molecule has 0 heterocycles. The molecule has 1 atom stereocenters.